The summed E-state index contributed by atoms with van der Waals surface area (Å²) in [7, 11) is 0. The minimum Gasteiger partial charge on any atom is -0.378 e. The van der Waals surface area contributed by atoms with Crippen LogP contribution in [0.3, 0.4) is 0 Å². The molecule has 17 heavy (non-hydrogen) atoms. The van der Waals surface area contributed by atoms with E-state index in [1.54, 1.807) is 0 Å². The summed E-state index contributed by atoms with van der Waals surface area (Å²) in [4.78, 5) is 14.1. The summed E-state index contributed by atoms with van der Waals surface area (Å²) in [5.41, 5.74) is 0. The molecule has 1 fully saturated rings. The SMILES string of the molecule is CC(C)N(CCCBr)C(=O)CCC1CCCO1. The van der Waals surface area contributed by atoms with Crippen molar-refractivity contribution < 1.29 is 9.53 Å². The number of nitrogens with zero attached hydrogens (tertiary/aromatic N) is 1. The summed E-state index contributed by atoms with van der Waals surface area (Å²) in [5.74, 6) is 0.274. The molecule has 1 rings (SSSR count). The van der Waals surface area contributed by atoms with E-state index in [4.69, 9.17) is 4.74 Å². The van der Waals surface area contributed by atoms with Gasteiger partial charge in [-0.3, -0.25) is 4.79 Å². The van der Waals surface area contributed by atoms with Gasteiger partial charge in [0.05, 0.1) is 6.10 Å². The van der Waals surface area contributed by atoms with Gasteiger partial charge in [-0.15, -0.1) is 0 Å². The van der Waals surface area contributed by atoms with E-state index < -0.39 is 0 Å². The number of carbonyl (C=O) groups is 1. The number of halogens is 1. The average molecular weight is 306 g/mol. The van der Waals surface area contributed by atoms with Gasteiger partial charge in [0.2, 0.25) is 5.91 Å². The van der Waals surface area contributed by atoms with E-state index >= 15 is 0 Å². The fourth-order valence-electron chi connectivity index (χ4n) is 2.20. The van der Waals surface area contributed by atoms with Crippen LogP contribution in [-0.2, 0) is 9.53 Å². The zero-order chi connectivity index (χ0) is 12.7. The first-order valence-corrected chi connectivity index (χ1v) is 7.74. The Kier molecular flexibility index (Phi) is 7.12. The van der Waals surface area contributed by atoms with Crippen LogP contribution >= 0.6 is 15.9 Å². The van der Waals surface area contributed by atoms with Gasteiger partial charge in [-0.2, -0.15) is 0 Å². The Labute approximate surface area is 113 Å². The lowest BCUT2D eigenvalue weighted by atomic mass is 10.1. The van der Waals surface area contributed by atoms with E-state index in [9.17, 15) is 4.79 Å². The average Bonchev–Trinajstić information content (AvgIpc) is 2.79. The number of hydrogen-bond acceptors (Lipinski definition) is 2. The maximum Gasteiger partial charge on any atom is 0.222 e. The van der Waals surface area contributed by atoms with Crippen molar-refractivity contribution in [1.29, 1.82) is 0 Å². The largest absolute Gasteiger partial charge is 0.378 e. The smallest absolute Gasteiger partial charge is 0.222 e. The van der Waals surface area contributed by atoms with Gasteiger partial charge in [0.1, 0.15) is 0 Å². The quantitative estimate of drug-likeness (QED) is 0.677. The van der Waals surface area contributed by atoms with Gasteiger partial charge in [-0.1, -0.05) is 15.9 Å². The molecule has 0 aromatic heterocycles. The first-order valence-electron chi connectivity index (χ1n) is 6.62. The Morgan fingerprint density at radius 2 is 2.29 bits per heavy atom. The molecule has 1 saturated heterocycles. The van der Waals surface area contributed by atoms with Crippen LogP contribution < -0.4 is 0 Å². The minimum atomic E-state index is 0.274. The van der Waals surface area contributed by atoms with Gasteiger partial charge in [0.15, 0.2) is 0 Å². The Balaban J connectivity index is 2.30. The number of hydrogen-bond donors (Lipinski definition) is 0. The predicted octanol–water partition coefficient (Wildman–Crippen LogP) is 2.97. The van der Waals surface area contributed by atoms with Crippen molar-refractivity contribution in [3.8, 4) is 0 Å². The number of ether oxygens (including phenoxy) is 1. The molecule has 1 amide bonds. The normalized spacial score (nSPS) is 19.9. The van der Waals surface area contributed by atoms with E-state index in [0.717, 1.165) is 44.2 Å². The first kappa shape index (κ1) is 15.0. The summed E-state index contributed by atoms with van der Waals surface area (Å²) in [6.45, 7) is 5.89. The Morgan fingerprint density at radius 3 is 2.82 bits per heavy atom. The Bertz CT molecular complexity index is 227. The van der Waals surface area contributed by atoms with Crippen LogP contribution in [0, 0.1) is 0 Å². The summed E-state index contributed by atoms with van der Waals surface area (Å²) in [5, 5.41) is 0.954. The van der Waals surface area contributed by atoms with Gasteiger partial charge >= 0.3 is 0 Å². The second-order valence-corrected chi connectivity index (χ2v) is 5.69. The topological polar surface area (TPSA) is 29.5 Å². The number of amides is 1. The highest BCUT2D eigenvalue weighted by molar-refractivity contribution is 9.09. The lowest BCUT2D eigenvalue weighted by Crippen LogP contribution is -2.38. The molecule has 3 nitrogen and oxygen atoms in total. The van der Waals surface area contributed by atoms with Crippen molar-refractivity contribution in [3.05, 3.63) is 0 Å². The molecule has 0 aromatic carbocycles. The second-order valence-electron chi connectivity index (χ2n) is 4.90. The molecule has 1 aliphatic rings. The van der Waals surface area contributed by atoms with E-state index in [0.29, 0.717) is 18.6 Å². The van der Waals surface area contributed by atoms with Crippen molar-refractivity contribution in [3.63, 3.8) is 0 Å². The zero-order valence-corrected chi connectivity index (χ0v) is 12.5. The first-order chi connectivity index (χ1) is 8.15. The van der Waals surface area contributed by atoms with Crippen molar-refractivity contribution >= 4 is 21.8 Å². The molecule has 0 N–H and O–H groups in total. The van der Waals surface area contributed by atoms with E-state index in [2.05, 4.69) is 29.8 Å². The molecule has 0 aliphatic carbocycles. The predicted molar refractivity (Wildman–Crippen MR) is 73.5 cm³/mol. The van der Waals surface area contributed by atoms with Crippen LogP contribution in [0.25, 0.3) is 0 Å². The van der Waals surface area contributed by atoms with Gasteiger partial charge in [0, 0.05) is 30.9 Å². The third-order valence-electron chi connectivity index (χ3n) is 3.18. The van der Waals surface area contributed by atoms with Crippen LogP contribution in [0.4, 0.5) is 0 Å². The van der Waals surface area contributed by atoms with E-state index in [1.807, 2.05) is 4.90 Å². The molecule has 1 atom stereocenters. The third kappa shape index (κ3) is 5.38. The van der Waals surface area contributed by atoms with Crippen molar-refractivity contribution in [2.75, 3.05) is 18.5 Å². The van der Waals surface area contributed by atoms with Gasteiger partial charge in [0.25, 0.3) is 0 Å². The Hall–Kier alpha value is -0.0900. The van der Waals surface area contributed by atoms with E-state index in [-0.39, 0.29) is 5.91 Å². The van der Waals surface area contributed by atoms with Crippen molar-refractivity contribution in [2.24, 2.45) is 0 Å². The van der Waals surface area contributed by atoms with Crippen LogP contribution in [0.5, 0.6) is 0 Å². The lowest BCUT2D eigenvalue weighted by molar-refractivity contribution is -0.133. The minimum absolute atomic E-state index is 0.274. The molecule has 0 aromatic rings. The summed E-state index contributed by atoms with van der Waals surface area (Å²) in [6, 6.07) is 0.297. The monoisotopic (exact) mass is 305 g/mol. The molecule has 1 unspecified atom stereocenters. The van der Waals surface area contributed by atoms with Gasteiger partial charge in [-0.25, -0.2) is 0 Å². The molecule has 0 spiro atoms. The molecule has 100 valence electrons. The van der Waals surface area contributed by atoms with E-state index in [1.165, 1.54) is 0 Å². The maximum atomic E-state index is 12.1. The third-order valence-corrected chi connectivity index (χ3v) is 3.74. The fourth-order valence-corrected chi connectivity index (χ4v) is 2.45. The summed E-state index contributed by atoms with van der Waals surface area (Å²) in [6.07, 6.45) is 5.13. The molecular weight excluding hydrogens is 282 g/mol. The zero-order valence-electron chi connectivity index (χ0n) is 11.0. The molecular formula is C13H24BrNO2. The van der Waals surface area contributed by atoms with Gasteiger partial charge < -0.3 is 9.64 Å². The summed E-state index contributed by atoms with van der Waals surface area (Å²) >= 11 is 3.41. The highest BCUT2D eigenvalue weighted by Crippen LogP contribution is 2.18. The maximum absolute atomic E-state index is 12.1. The van der Waals surface area contributed by atoms with Crippen LogP contribution in [0.15, 0.2) is 0 Å². The van der Waals surface area contributed by atoms with Crippen molar-refractivity contribution in [2.45, 2.75) is 58.1 Å². The lowest BCUT2D eigenvalue weighted by Gasteiger charge is -2.27. The van der Waals surface area contributed by atoms with Gasteiger partial charge in [-0.05, 0) is 39.5 Å². The van der Waals surface area contributed by atoms with Crippen LogP contribution in [-0.4, -0.2) is 41.4 Å². The highest BCUT2D eigenvalue weighted by Gasteiger charge is 2.20. The highest BCUT2D eigenvalue weighted by atomic mass is 79.9. The standard InChI is InChI=1S/C13H24BrNO2/c1-11(2)15(9-4-8-14)13(16)7-6-12-5-3-10-17-12/h11-12H,3-10H2,1-2H3. The number of rotatable bonds is 7. The fraction of sp³-hybridized carbons (Fsp3) is 0.923. The Morgan fingerprint density at radius 1 is 1.53 bits per heavy atom. The van der Waals surface area contributed by atoms with Crippen LogP contribution in [0.2, 0.25) is 0 Å². The molecule has 4 heteroatoms. The molecule has 0 saturated carbocycles. The van der Waals surface area contributed by atoms with Crippen LogP contribution in [0.1, 0.15) is 46.0 Å². The molecule has 1 aliphatic heterocycles. The second kappa shape index (κ2) is 8.09. The van der Waals surface area contributed by atoms with Crippen molar-refractivity contribution in [1.82, 2.24) is 4.90 Å². The number of carbonyl (C=O) groups excluding carboxylic acids is 1. The molecule has 0 radical (unpaired) electrons. The number of alkyl halides is 1. The molecule has 1 heterocycles. The molecule has 0 bridgehead atoms. The summed E-state index contributed by atoms with van der Waals surface area (Å²) < 4.78 is 5.55.